The summed E-state index contributed by atoms with van der Waals surface area (Å²) in [6, 6.07) is 2.11. The molecule has 4 nitrogen and oxygen atoms in total. The SMILES string of the molecule is CCNc1c(F)cc(C(=O)NC2(C)CCOCC2)cc1F. The number of nitrogens with one attached hydrogen (secondary N) is 2. The van der Waals surface area contributed by atoms with Crippen molar-refractivity contribution < 1.29 is 18.3 Å². The third kappa shape index (κ3) is 3.69. The fraction of sp³-hybridized carbons (Fsp3) is 0.533. The van der Waals surface area contributed by atoms with Gasteiger partial charge in [0.25, 0.3) is 5.91 Å². The van der Waals surface area contributed by atoms with Crippen LogP contribution in [0.3, 0.4) is 0 Å². The van der Waals surface area contributed by atoms with E-state index in [0.29, 0.717) is 32.6 Å². The molecule has 1 aromatic rings. The second-order valence-corrected chi connectivity index (χ2v) is 5.47. The van der Waals surface area contributed by atoms with Crippen LogP contribution in [0, 0.1) is 11.6 Å². The lowest BCUT2D eigenvalue weighted by Gasteiger charge is -2.34. The number of benzene rings is 1. The summed E-state index contributed by atoms with van der Waals surface area (Å²) in [5, 5.41) is 5.45. The van der Waals surface area contributed by atoms with Crippen LogP contribution in [0.4, 0.5) is 14.5 Å². The van der Waals surface area contributed by atoms with Crippen molar-refractivity contribution in [3.05, 3.63) is 29.3 Å². The highest BCUT2D eigenvalue weighted by atomic mass is 19.1. The highest BCUT2D eigenvalue weighted by Crippen LogP contribution is 2.23. The molecule has 0 unspecified atom stereocenters. The van der Waals surface area contributed by atoms with Gasteiger partial charge >= 0.3 is 0 Å². The van der Waals surface area contributed by atoms with Crippen LogP contribution < -0.4 is 10.6 Å². The van der Waals surface area contributed by atoms with Gasteiger partial charge in [0, 0.05) is 30.9 Å². The molecule has 1 heterocycles. The molecule has 1 fully saturated rings. The number of anilines is 1. The number of amides is 1. The van der Waals surface area contributed by atoms with Crippen molar-refractivity contribution >= 4 is 11.6 Å². The fourth-order valence-corrected chi connectivity index (χ4v) is 2.34. The molecule has 116 valence electrons. The van der Waals surface area contributed by atoms with Gasteiger partial charge in [0.15, 0.2) is 0 Å². The molecule has 1 aliphatic heterocycles. The van der Waals surface area contributed by atoms with Crippen molar-refractivity contribution in [2.75, 3.05) is 25.1 Å². The van der Waals surface area contributed by atoms with Crippen molar-refractivity contribution in [1.82, 2.24) is 5.32 Å². The van der Waals surface area contributed by atoms with E-state index in [-0.39, 0.29) is 11.3 Å². The molecule has 0 atom stereocenters. The molecule has 1 aromatic carbocycles. The molecule has 0 bridgehead atoms. The van der Waals surface area contributed by atoms with Gasteiger partial charge in [-0.2, -0.15) is 0 Å². The van der Waals surface area contributed by atoms with E-state index in [1.165, 1.54) is 0 Å². The molecule has 21 heavy (non-hydrogen) atoms. The zero-order chi connectivity index (χ0) is 15.5. The van der Waals surface area contributed by atoms with E-state index < -0.39 is 23.1 Å². The Balaban J connectivity index is 2.16. The summed E-state index contributed by atoms with van der Waals surface area (Å²) in [7, 11) is 0. The summed E-state index contributed by atoms with van der Waals surface area (Å²) >= 11 is 0. The lowest BCUT2D eigenvalue weighted by Crippen LogP contribution is -2.49. The van der Waals surface area contributed by atoms with Gasteiger partial charge in [-0.3, -0.25) is 4.79 Å². The van der Waals surface area contributed by atoms with E-state index in [1.54, 1.807) is 6.92 Å². The minimum Gasteiger partial charge on any atom is -0.381 e. The second-order valence-electron chi connectivity index (χ2n) is 5.47. The molecule has 0 spiro atoms. The molecule has 2 N–H and O–H groups in total. The minimum atomic E-state index is -0.765. The smallest absolute Gasteiger partial charge is 0.251 e. The Morgan fingerprint density at radius 1 is 1.29 bits per heavy atom. The van der Waals surface area contributed by atoms with Crippen molar-refractivity contribution in [3.8, 4) is 0 Å². The molecule has 1 saturated heterocycles. The molecule has 0 radical (unpaired) electrons. The second kappa shape index (κ2) is 6.39. The number of hydrogen-bond donors (Lipinski definition) is 2. The van der Waals surface area contributed by atoms with E-state index in [1.807, 2.05) is 6.92 Å². The Morgan fingerprint density at radius 3 is 2.38 bits per heavy atom. The van der Waals surface area contributed by atoms with Crippen LogP contribution in [-0.2, 0) is 4.74 Å². The summed E-state index contributed by atoms with van der Waals surface area (Å²) in [5.41, 5.74) is -0.617. The van der Waals surface area contributed by atoms with Gasteiger partial charge in [-0.1, -0.05) is 0 Å². The van der Waals surface area contributed by atoms with Crippen LogP contribution in [0.2, 0.25) is 0 Å². The molecule has 0 aromatic heterocycles. The van der Waals surface area contributed by atoms with Crippen molar-refractivity contribution in [2.45, 2.75) is 32.2 Å². The average molecular weight is 298 g/mol. The van der Waals surface area contributed by atoms with E-state index in [2.05, 4.69) is 10.6 Å². The first-order valence-corrected chi connectivity index (χ1v) is 7.08. The third-order valence-electron chi connectivity index (χ3n) is 3.67. The number of carbonyl (C=O) groups is 1. The van der Waals surface area contributed by atoms with Crippen LogP contribution in [0.1, 0.15) is 37.0 Å². The largest absolute Gasteiger partial charge is 0.381 e. The van der Waals surface area contributed by atoms with Gasteiger partial charge in [0.05, 0.1) is 0 Å². The number of halogens is 2. The molecule has 1 amide bonds. The third-order valence-corrected chi connectivity index (χ3v) is 3.67. The summed E-state index contributed by atoms with van der Waals surface area (Å²) in [5.74, 6) is -2.00. The average Bonchev–Trinajstić information content (AvgIpc) is 2.43. The molecular weight excluding hydrogens is 278 g/mol. The standard InChI is InChI=1S/C15H20F2N2O2/c1-3-18-13-11(16)8-10(9-12(13)17)14(20)19-15(2)4-6-21-7-5-15/h8-9,18H,3-7H2,1-2H3,(H,19,20). The van der Waals surface area contributed by atoms with Gasteiger partial charge in [-0.15, -0.1) is 0 Å². The molecule has 2 rings (SSSR count). The van der Waals surface area contributed by atoms with Gasteiger partial charge < -0.3 is 15.4 Å². The first kappa shape index (κ1) is 15.7. The normalized spacial score (nSPS) is 17.3. The monoisotopic (exact) mass is 298 g/mol. The highest BCUT2D eigenvalue weighted by molar-refractivity contribution is 5.95. The zero-order valence-corrected chi connectivity index (χ0v) is 12.3. The summed E-state index contributed by atoms with van der Waals surface area (Å²) < 4.78 is 32.9. The van der Waals surface area contributed by atoms with Crippen LogP contribution in [0.25, 0.3) is 0 Å². The van der Waals surface area contributed by atoms with E-state index in [4.69, 9.17) is 4.74 Å². The lowest BCUT2D eigenvalue weighted by atomic mass is 9.92. The van der Waals surface area contributed by atoms with Crippen LogP contribution in [-0.4, -0.2) is 31.2 Å². The fourth-order valence-electron chi connectivity index (χ4n) is 2.34. The molecular formula is C15H20F2N2O2. The van der Waals surface area contributed by atoms with E-state index >= 15 is 0 Å². The van der Waals surface area contributed by atoms with Crippen LogP contribution in [0.5, 0.6) is 0 Å². The van der Waals surface area contributed by atoms with Crippen LogP contribution >= 0.6 is 0 Å². The summed E-state index contributed by atoms with van der Waals surface area (Å²) in [6.45, 7) is 5.19. The maximum absolute atomic E-state index is 13.8. The Kier molecular flexibility index (Phi) is 4.77. The number of carbonyl (C=O) groups excluding carboxylic acids is 1. The Bertz CT molecular complexity index is 505. The first-order chi connectivity index (χ1) is 9.95. The molecule has 0 saturated carbocycles. The van der Waals surface area contributed by atoms with Crippen LogP contribution in [0.15, 0.2) is 12.1 Å². The molecule has 6 heteroatoms. The minimum absolute atomic E-state index is 0.0145. The maximum Gasteiger partial charge on any atom is 0.251 e. The van der Waals surface area contributed by atoms with Gasteiger partial charge in [-0.05, 0) is 38.8 Å². The summed E-state index contributed by atoms with van der Waals surface area (Å²) in [6.07, 6.45) is 1.36. The van der Waals surface area contributed by atoms with Crippen molar-refractivity contribution in [2.24, 2.45) is 0 Å². The van der Waals surface area contributed by atoms with E-state index in [0.717, 1.165) is 12.1 Å². The number of hydrogen-bond acceptors (Lipinski definition) is 3. The lowest BCUT2D eigenvalue weighted by molar-refractivity contribution is 0.0422. The topological polar surface area (TPSA) is 50.4 Å². The maximum atomic E-state index is 13.8. The first-order valence-electron chi connectivity index (χ1n) is 7.08. The number of ether oxygens (including phenoxy) is 1. The highest BCUT2D eigenvalue weighted by Gasteiger charge is 2.29. The predicted molar refractivity (Wildman–Crippen MR) is 76.4 cm³/mol. The Hall–Kier alpha value is -1.69. The predicted octanol–water partition coefficient (Wildman–Crippen LogP) is 2.70. The van der Waals surface area contributed by atoms with E-state index in [9.17, 15) is 13.6 Å². The zero-order valence-electron chi connectivity index (χ0n) is 12.3. The molecule has 0 aliphatic carbocycles. The van der Waals surface area contributed by atoms with Gasteiger partial charge in [0.1, 0.15) is 17.3 Å². The van der Waals surface area contributed by atoms with Gasteiger partial charge in [0.2, 0.25) is 0 Å². The van der Waals surface area contributed by atoms with Crippen molar-refractivity contribution in [1.29, 1.82) is 0 Å². The summed E-state index contributed by atoms with van der Waals surface area (Å²) in [4.78, 5) is 12.2. The van der Waals surface area contributed by atoms with Gasteiger partial charge in [-0.25, -0.2) is 8.78 Å². The Labute approximate surface area is 122 Å². The molecule has 1 aliphatic rings. The quantitative estimate of drug-likeness (QED) is 0.898. The number of rotatable bonds is 4. The van der Waals surface area contributed by atoms with Crippen molar-refractivity contribution in [3.63, 3.8) is 0 Å². The Morgan fingerprint density at radius 2 is 1.86 bits per heavy atom.